The zero-order valence-corrected chi connectivity index (χ0v) is 17.9. The third-order valence-electron chi connectivity index (χ3n) is 4.81. The molecule has 9 nitrogen and oxygen atoms in total. The number of aliphatic hydroxyl groups excluding tert-OH is 1. The molecule has 166 valence electrons. The number of carbonyl (C=O) groups is 4. The van der Waals surface area contributed by atoms with Crippen molar-refractivity contribution in [2.45, 2.75) is 23.9 Å². The van der Waals surface area contributed by atoms with Crippen LogP contribution in [-0.2, 0) is 23.9 Å². The largest absolute Gasteiger partial charge is 0.477 e. The minimum atomic E-state index is -1.28. The van der Waals surface area contributed by atoms with Gasteiger partial charge in [-0.15, -0.1) is 23.4 Å². The summed E-state index contributed by atoms with van der Waals surface area (Å²) in [6, 6.07) is 8.01. The Morgan fingerprint density at radius 1 is 1.29 bits per heavy atom. The highest BCUT2D eigenvalue weighted by molar-refractivity contribution is 8.00. The van der Waals surface area contributed by atoms with Gasteiger partial charge in [0.2, 0.25) is 5.91 Å². The van der Waals surface area contributed by atoms with Gasteiger partial charge in [-0.3, -0.25) is 19.3 Å². The van der Waals surface area contributed by atoms with E-state index in [-0.39, 0.29) is 30.5 Å². The molecule has 31 heavy (non-hydrogen) atoms. The Kier molecular flexibility index (Phi) is 7.71. The number of hydrogen-bond donors (Lipinski definition) is 3. The smallest absolute Gasteiger partial charge is 0.352 e. The van der Waals surface area contributed by atoms with Crippen LogP contribution in [-0.4, -0.2) is 74.9 Å². The quantitative estimate of drug-likeness (QED) is 0.259. The van der Waals surface area contributed by atoms with Gasteiger partial charge in [-0.05, 0) is 11.1 Å². The van der Waals surface area contributed by atoms with Crippen molar-refractivity contribution < 1.29 is 34.1 Å². The minimum Gasteiger partial charge on any atom is -0.477 e. The molecule has 2 aliphatic rings. The second kappa shape index (κ2) is 10.3. The zero-order valence-electron chi connectivity index (χ0n) is 16.3. The number of β-lactam (4-membered cyclic amide) rings is 1. The highest BCUT2D eigenvalue weighted by atomic mass is 35.5. The number of hydrogen-bond acceptors (Lipinski definition) is 7. The number of carboxylic acids is 1. The molecule has 1 fully saturated rings. The molecule has 0 bridgehead atoms. The van der Waals surface area contributed by atoms with Gasteiger partial charge in [0.25, 0.3) is 5.91 Å². The Morgan fingerprint density at radius 2 is 2.00 bits per heavy atom. The lowest BCUT2D eigenvalue weighted by Crippen LogP contribution is -2.70. The van der Waals surface area contributed by atoms with E-state index in [1.54, 1.807) is 24.3 Å². The molecular weight excluding hydrogens is 448 g/mol. The van der Waals surface area contributed by atoms with Crippen molar-refractivity contribution in [3.63, 3.8) is 0 Å². The van der Waals surface area contributed by atoms with Crippen LogP contribution in [0.1, 0.15) is 18.1 Å². The summed E-state index contributed by atoms with van der Waals surface area (Å²) in [6.45, 7) is -0.0913. The van der Waals surface area contributed by atoms with Gasteiger partial charge in [0.05, 0.1) is 25.5 Å². The molecule has 0 saturated carbocycles. The Bertz CT molecular complexity index is 908. The lowest BCUT2D eigenvalue weighted by molar-refractivity contribution is -0.151. The highest BCUT2D eigenvalue weighted by Crippen LogP contribution is 2.40. The molecule has 3 atom stereocenters. The molecule has 2 unspecified atom stereocenters. The first-order chi connectivity index (χ1) is 14.8. The number of nitrogens with one attached hydrogen (secondary N) is 1. The molecule has 0 aliphatic carbocycles. The Morgan fingerprint density at radius 3 is 2.65 bits per heavy atom. The summed E-state index contributed by atoms with van der Waals surface area (Å²) >= 11 is 6.67. The van der Waals surface area contributed by atoms with Crippen LogP contribution in [0.25, 0.3) is 0 Å². The topological polar surface area (TPSA) is 133 Å². The molecule has 1 aromatic carbocycles. The molecule has 3 N–H and O–H groups in total. The number of nitrogens with zero attached hydrogens (tertiary/aromatic N) is 1. The first-order valence-corrected chi connectivity index (χ1v) is 11.0. The number of fused-ring (bicyclic) bond motifs is 1. The van der Waals surface area contributed by atoms with E-state index in [1.165, 1.54) is 11.8 Å². The molecule has 0 aromatic heterocycles. The second-order valence-electron chi connectivity index (χ2n) is 7.00. The fraction of sp³-hybridized carbons (Fsp3) is 0.400. The standard InChI is InChI=1S/C20H21ClN2O7S/c21-7-13(24)6-15(26)22-16-18(27)23-17(20(28)29)12(10-31-19(16)23)8-30-9-14(25)11-4-2-1-3-5-11/h1-5,14,16,19,25H,6-10H2,(H,22,26)(H,28,29)/t14?,16?,19-/m0/s1. The number of Topliss-reactive ketones (excluding diaryl/α,β-unsaturated/α-hetero) is 1. The molecular formula is C20H21ClN2O7S. The number of amides is 2. The van der Waals surface area contributed by atoms with E-state index >= 15 is 0 Å². The predicted octanol–water partition coefficient (Wildman–Crippen LogP) is 0.673. The van der Waals surface area contributed by atoms with Gasteiger partial charge < -0.3 is 20.3 Å². The molecule has 2 amide bonds. The van der Waals surface area contributed by atoms with Crippen LogP contribution in [0.3, 0.4) is 0 Å². The summed E-state index contributed by atoms with van der Waals surface area (Å²) in [4.78, 5) is 48.6. The number of aliphatic carboxylic acids is 1. The number of benzene rings is 1. The first kappa shape index (κ1) is 23.3. The SMILES string of the molecule is O=C(CCl)CC(=O)NC1C(=O)N2C(C(=O)O)=C(COCC(O)c3ccccc3)CS[C@@H]12. The highest BCUT2D eigenvalue weighted by Gasteiger charge is 2.54. The van der Waals surface area contributed by atoms with Crippen molar-refractivity contribution in [1.82, 2.24) is 10.2 Å². The van der Waals surface area contributed by atoms with Crippen molar-refractivity contribution in [2.24, 2.45) is 0 Å². The Labute approximate surface area is 187 Å². The number of alkyl halides is 1. The minimum absolute atomic E-state index is 0.0320. The number of thioether (sulfide) groups is 1. The van der Waals surface area contributed by atoms with Gasteiger partial charge >= 0.3 is 5.97 Å². The predicted molar refractivity (Wildman–Crippen MR) is 112 cm³/mol. The monoisotopic (exact) mass is 468 g/mol. The summed E-state index contributed by atoms with van der Waals surface area (Å²) in [5, 5.41) is 21.7. The summed E-state index contributed by atoms with van der Waals surface area (Å²) in [5.74, 6) is -2.96. The summed E-state index contributed by atoms with van der Waals surface area (Å²) < 4.78 is 5.52. The van der Waals surface area contributed by atoms with Crippen molar-refractivity contribution in [1.29, 1.82) is 0 Å². The average Bonchev–Trinajstić information content (AvgIpc) is 2.77. The second-order valence-corrected chi connectivity index (χ2v) is 8.38. The number of ether oxygens (including phenoxy) is 1. The fourth-order valence-corrected chi connectivity index (χ4v) is 4.73. The summed E-state index contributed by atoms with van der Waals surface area (Å²) in [7, 11) is 0. The third kappa shape index (κ3) is 5.27. The summed E-state index contributed by atoms with van der Waals surface area (Å²) in [5.41, 5.74) is 0.909. The fourth-order valence-electron chi connectivity index (χ4n) is 3.31. The average molecular weight is 469 g/mol. The van der Waals surface area contributed by atoms with Crippen LogP contribution in [0.5, 0.6) is 0 Å². The van der Waals surface area contributed by atoms with Crippen molar-refractivity contribution in [3.05, 3.63) is 47.2 Å². The molecule has 3 rings (SSSR count). The molecule has 1 aromatic rings. The van der Waals surface area contributed by atoms with Crippen molar-refractivity contribution >= 4 is 46.9 Å². The van der Waals surface area contributed by atoms with E-state index < -0.39 is 47.5 Å². The maximum atomic E-state index is 12.5. The van der Waals surface area contributed by atoms with Crippen LogP contribution in [0, 0.1) is 0 Å². The van der Waals surface area contributed by atoms with E-state index in [2.05, 4.69) is 5.32 Å². The lowest BCUT2D eigenvalue weighted by atomic mass is 10.0. The van der Waals surface area contributed by atoms with Gasteiger partial charge in [0.1, 0.15) is 23.2 Å². The van der Waals surface area contributed by atoms with Gasteiger partial charge in [0, 0.05) is 5.75 Å². The van der Waals surface area contributed by atoms with Gasteiger partial charge in [-0.1, -0.05) is 30.3 Å². The molecule has 0 spiro atoms. The van der Waals surface area contributed by atoms with E-state index in [1.807, 2.05) is 6.07 Å². The van der Waals surface area contributed by atoms with Crippen molar-refractivity contribution in [3.8, 4) is 0 Å². The maximum Gasteiger partial charge on any atom is 0.352 e. The summed E-state index contributed by atoms with van der Waals surface area (Å²) in [6.07, 6.45) is -1.30. The number of rotatable bonds is 10. The molecule has 2 aliphatic heterocycles. The van der Waals surface area contributed by atoms with Crippen LogP contribution < -0.4 is 5.32 Å². The maximum absolute atomic E-state index is 12.5. The van der Waals surface area contributed by atoms with Gasteiger partial charge in [-0.25, -0.2) is 4.79 Å². The lowest BCUT2D eigenvalue weighted by Gasteiger charge is -2.49. The molecule has 11 heteroatoms. The number of ketones is 1. The Hall–Kier alpha value is -2.40. The normalized spacial score (nSPS) is 21.2. The van der Waals surface area contributed by atoms with Crippen molar-refractivity contribution in [2.75, 3.05) is 24.8 Å². The Balaban J connectivity index is 1.62. The number of halogens is 1. The zero-order chi connectivity index (χ0) is 22.5. The van der Waals surface area contributed by atoms with Crippen LogP contribution in [0.4, 0.5) is 0 Å². The third-order valence-corrected chi connectivity index (χ3v) is 6.45. The molecule has 0 radical (unpaired) electrons. The van der Waals surface area contributed by atoms with Crippen LogP contribution in [0.15, 0.2) is 41.6 Å². The van der Waals surface area contributed by atoms with E-state index in [0.29, 0.717) is 11.1 Å². The number of carboxylic acid groups (broad SMARTS) is 1. The van der Waals surface area contributed by atoms with Gasteiger partial charge in [-0.2, -0.15) is 0 Å². The molecule has 2 heterocycles. The first-order valence-electron chi connectivity index (χ1n) is 9.41. The van der Waals surface area contributed by atoms with E-state index in [0.717, 1.165) is 4.90 Å². The van der Waals surface area contributed by atoms with Crippen LogP contribution in [0.2, 0.25) is 0 Å². The number of aliphatic hydroxyl groups is 1. The van der Waals surface area contributed by atoms with E-state index in [9.17, 15) is 29.4 Å². The van der Waals surface area contributed by atoms with E-state index in [4.69, 9.17) is 16.3 Å². The molecule has 1 saturated heterocycles. The van der Waals surface area contributed by atoms with Crippen LogP contribution >= 0.6 is 23.4 Å². The van der Waals surface area contributed by atoms with Gasteiger partial charge in [0.15, 0.2) is 5.78 Å². The number of carbonyl (C=O) groups excluding carboxylic acids is 3.